The van der Waals surface area contributed by atoms with E-state index in [0.717, 1.165) is 17.8 Å². The number of nitrogens with zero attached hydrogens (tertiary/aromatic N) is 1. The number of rotatable bonds is 1. The minimum absolute atomic E-state index is 0.566. The second kappa shape index (κ2) is 2.60. The molecule has 2 heterocycles. The maximum Gasteiger partial charge on any atom is 0.117 e. The lowest BCUT2D eigenvalue weighted by Crippen LogP contribution is -2.24. The van der Waals surface area contributed by atoms with Crippen molar-refractivity contribution in [2.75, 3.05) is 13.2 Å². The van der Waals surface area contributed by atoms with Crippen LogP contribution >= 0.6 is 27.3 Å². The van der Waals surface area contributed by atoms with Crippen molar-refractivity contribution >= 4 is 27.3 Å². The van der Waals surface area contributed by atoms with Gasteiger partial charge in [-0.05, 0) is 15.9 Å². The molecule has 1 aromatic rings. The Morgan fingerprint density at radius 2 is 2.50 bits per heavy atom. The summed E-state index contributed by atoms with van der Waals surface area (Å²) in [4.78, 5) is 4.29. The number of hydrogen-bond donors (Lipinski definition) is 0. The maximum absolute atomic E-state index is 5.05. The molecule has 0 spiro atoms. The predicted octanol–water partition coefficient (Wildman–Crippen LogP) is 2.02. The highest BCUT2D eigenvalue weighted by molar-refractivity contribution is 9.10. The SMILES string of the molecule is Brc1csc(C2COC2)n1. The summed E-state index contributed by atoms with van der Waals surface area (Å²) < 4.78 is 5.99. The molecule has 4 heteroatoms. The molecule has 1 aliphatic rings. The fraction of sp³-hybridized carbons (Fsp3) is 0.500. The van der Waals surface area contributed by atoms with Gasteiger partial charge in [-0.3, -0.25) is 0 Å². The molecule has 0 saturated carbocycles. The van der Waals surface area contributed by atoms with Crippen LogP contribution in [0, 0.1) is 0 Å². The quantitative estimate of drug-likeness (QED) is 0.722. The lowest BCUT2D eigenvalue weighted by atomic mass is 10.1. The average Bonchev–Trinajstić information content (AvgIpc) is 2.10. The molecule has 0 aliphatic carbocycles. The van der Waals surface area contributed by atoms with Crippen molar-refractivity contribution < 1.29 is 4.74 Å². The fourth-order valence-electron chi connectivity index (χ4n) is 0.833. The predicted molar refractivity (Wildman–Crippen MR) is 43.4 cm³/mol. The van der Waals surface area contributed by atoms with Gasteiger partial charge in [0.1, 0.15) is 9.61 Å². The molecule has 2 nitrogen and oxygen atoms in total. The van der Waals surface area contributed by atoms with Crippen molar-refractivity contribution in [3.05, 3.63) is 15.0 Å². The lowest BCUT2D eigenvalue weighted by molar-refractivity contribution is 0.00830. The van der Waals surface area contributed by atoms with Crippen molar-refractivity contribution in [1.29, 1.82) is 0 Å². The van der Waals surface area contributed by atoms with Crippen molar-refractivity contribution in [1.82, 2.24) is 4.98 Å². The second-order valence-electron chi connectivity index (χ2n) is 2.24. The highest BCUT2D eigenvalue weighted by Gasteiger charge is 2.23. The molecular formula is C6H6BrNOS. The Bertz CT molecular complexity index is 233. The summed E-state index contributed by atoms with van der Waals surface area (Å²) in [6.07, 6.45) is 0. The Labute approximate surface area is 71.4 Å². The van der Waals surface area contributed by atoms with E-state index in [1.54, 1.807) is 11.3 Å². The van der Waals surface area contributed by atoms with Gasteiger partial charge in [-0.15, -0.1) is 11.3 Å². The molecule has 1 fully saturated rings. The Morgan fingerprint density at radius 1 is 1.70 bits per heavy atom. The second-order valence-corrected chi connectivity index (χ2v) is 3.95. The fourth-order valence-corrected chi connectivity index (χ4v) is 2.17. The smallest absolute Gasteiger partial charge is 0.117 e. The van der Waals surface area contributed by atoms with E-state index in [0.29, 0.717) is 5.92 Å². The number of halogens is 1. The van der Waals surface area contributed by atoms with Crippen molar-refractivity contribution in [2.24, 2.45) is 0 Å². The van der Waals surface area contributed by atoms with Gasteiger partial charge in [0.2, 0.25) is 0 Å². The van der Waals surface area contributed by atoms with Gasteiger partial charge in [0.25, 0.3) is 0 Å². The minimum atomic E-state index is 0.566. The van der Waals surface area contributed by atoms with E-state index >= 15 is 0 Å². The Balaban J connectivity index is 2.17. The Morgan fingerprint density at radius 3 is 2.90 bits per heavy atom. The summed E-state index contributed by atoms with van der Waals surface area (Å²) in [5.74, 6) is 0.566. The first-order valence-electron chi connectivity index (χ1n) is 3.05. The molecule has 10 heavy (non-hydrogen) atoms. The van der Waals surface area contributed by atoms with Gasteiger partial charge in [-0.25, -0.2) is 4.98 Å². The molecule has 0 amide bonds. The highest BCUT2D eigenvalue weighted by Crippen LogP contribution is 2.28. The molecule has 2 rings (SSSR count). The van der Waals surface area contributed by atoms with E-state index in [1.807, 2.05) is 5.38 Å². The molecule has 0 unspecified atom stereocenters. The van der Waals surface area contributed by atoms with Crippen LogP contribution in [0.15, 0.2) is 9.98 Å². The Kier molecular flexibility index (Phi) is 1.76. The Hall–Kier alpha value is 0.0700. The molecule has 0 aromatic carbocycles. The number of aromatic nitrogens is 1. The third kappa shape index (κ3) is 1.11. The molecule has 1 aromatic heterocycles. The van der Waals surface area contributed by atoms with Crippen LogP contribution in [0.3, 0.4) is 0 Å². The van der Waals surface area contributed by atoms with Crippen LogP contribution in [0.2, 0.25) is 0 Å². The number of hydrogen-bond acceptors (Lipinski definition) is 3. The minimum Gasteiger partial charge on any atom is -0.380 e. The first-order valence-corrected chi connectivity index (χ1v) is 4.72. The first kappa shape index (κ1) is 6.76. The highest BCUT2D eigenvalue weighted by atomic mass is 79.9. The molecular weight excluding hydrogens is 214 g/mol. The molecule has 1 aliphatic heterocycles. The molecule has 0 N–H and O–H groups in total. The van der Waals surface area contributed by atoms with Crippen LogP contribution in [0.4, 0.5) is 0 Å². The van der Waals surface area contributed by atoms with Gasteiger partial charge < -0.3 is 4.74 Å². The first-order chi connectivity index (χ1) is 4.86. The van der Waals surface area contributed by atoms with E-state index in [4.69, 9.17) is 4.74 Å². The standard InChI is InChI=1S/C6H6BrNOS/c7-5-3-10-6(8-5)4-1-9-2-4/h3-4H,1-2H2. The lowest BCUT2D eigenvalue weighted by Gasteiger charge is -2.23. The number of thiazole rings is 1. The molecule has 0 bridgehead atoms. The topological polar surface area (TPSA) is 22.1 Å². The van der Waals surface area contributed by atoms with Crippen molar-refractivity contribution in [2.45, 2.75) is 5.92 Å². The maximum atomic E-state index is 5.05. The van der Waals surface area contributed by atoms with Gasteiger partial charge in [0.05, 0.1) is 19.1 Å². The zero-order chi connectivity index (χ0) is 6.97. The van der Waals surface area contributed by atoms with Gasteiger partial charge in [-0.2, -0.15) is 0 Å². The van der Waals surface area contributed by atoms with E-state index < -0.39 is 0 Å². The summed E-state index contributed by atoms with van der Waals surface area (Å²) in [6.45, 7) is 1.69. The van der Waals surface area contributed by atoms with E-state index in [-0.39, 0.29) is 0 Å². The molecule has 54 valence electrons. The van der Waals surface area contributed by atoms with Crippen molar-refractivity contribution in [3.63, 3.8) is 0 Å². The average molecular weight is 220 g/mol. The van der Waals surface area contributed by atoms with Crippen LogP contribution in [0.5, 0.6) is 0 Å². The van der Waals surface area contributed by atoms with Crippen LogP contribution in [-0.4, -0.2) is 18.2 Å². The van der Waals surface area contributed by atoms with Gasteiger partial charge in [0, 0.05) is 5.38 Å². The third-order valence-corrected chi connectivity index (χ3v) is 3.20. The monoisotopic (exact) mass is 219 g/mol. The third-order valence-electron chi connectivity index (χ3n) is 1.48. The summed E-state index contributed by atoms with van der Waals surface area (Å²) in [5.41, 5.74) is 0. The molecule has 1 saturated heterocycles. The number of ether oxygens (including phenoxy) is 1. The molecule has 0 atom stereocenters. The molecule has 0 radical (unpaired) electrons. The van der Waals surface area contributed by atoms with Crippen LogP contribution in [0.1, 0.15) is 10.9 Å². The van der Waals surface area contributed by atoms with E-state index in [9.17, 15) is 0 Å². The largest absolute Gasteiger partial charge is 0.380 e. The zero-order valence-corrected chi connectivity index (χ0v) is 7.61. The van der Waals surface area contributed by atoms with Gasteiger partial charge in [0.15, 0.2) is 0 Å². The normalized spacial score (nSPS) is 18.9. The summed E-state index contributed by atoms with van der Waals surface area (Å²) in [5, 5.41) is 3.20. The van der Waals surface area contributed by atoms with Gasteiger partial charge >= 0.3 is 0 Å². The summed E-state index contributed by atoms with van der Waals surface area (Å²) in [6, 6.07) is 0. The van der Waals surface area contributed by atoms with E-state index in [1.165, 1.54) is 5.01 Å². The van der Waals surface area contributed by atoms with Crippen molar-refractivity contribution in [3.8, 4) is 0 Å². The zero-order valence-electron chi connectivity index (χ0n) is 5.21. The van der Waals surface area contributed by atoms with Crippen LogP contribution < -0.4 is 0 Å². The summed E-state index contributed by atoms with van der Waals surface area (Å²) in [7, 11) is 0. The van der Waals surface area contributed by atoms with Crippen LogP contribution in [-0.2, 0) is 4.74 Å². The van der Waals surface area contributed by atoms with E-state index in [2.05, 4.69) is 20.9 Å². The van der Waals surface area contributed by atoms with Gasteiger partial charge in [-0.1, -0.05) is 0 Å². The van der Waals surface area contributed by atoms with Crippen LogP contribution in [0.25, 0.3) is 0 Å². The summed E-state index contributed by atoms with van der Waals surface area (Å²) >= 11 is 5.01.